The Morgan fingerprint density at radius 2 is 1.93 bits per heavy atom. The van der Waals surface area contributed by atoms with E-state index in [9.17, 15) is 15.0 Å². The fraction of sp³-hybridized carbons (Fsp3) is 0.735. The maximum atomic E-state index is 14.0. The SMILES string of the molecule is CC(C)C[C@@H](CN(C)C)NCc1cccc(CN2OC(/C=C/O)[C@@H]([C@H](C)O)[C@H]2C(=O)N[C@H]2C[C@H]3C[C@@H]([C@@H]2C)C3(C)C)c1. The fourth-order valence-electron chi connectivity index (χ4n) is 8.01. The van der Waals surface area contributed by atoms with Gasteiger partial charge in [0.05, 0.1) is 18.9 Å². The van der Waals surface area contributed by atoms with Gasteiger partial charge >= 0.3 is 0 Å². The monoisotopic (exact) mass is 584 g/mol. The van der Waals surface area contributed by atoms with E-state index in [0.717, 1.165) is 37.8 Å². The summed E-state index contributed by atoms with van der Waals surface area (Å²) in [7, 11) is 4.22. The van der Waals surface area contributed by atoms with Crippen molar-refractivity contribution in [1.82, 2.24) is 20.6 Å². The Morgan fingerprint density at radius 1 is 1.21 bits per heavy atom. The van der Waals surface area contributed by atoms with Crippen LogP contribution in [0.15, 0.2) is 36.6 Å². The molecular weight excluding hydrogens is 528 g/mol. The molecule has 1 unspecified atom stereocenters. The molecule has 5 rings (SSSR count). The van der Waals surface area contributed by atoms with Gasteiger partial charge in [0, 0.05) is 31.1 Å². The summed E-state index contributed by atoms with van der Waals surface area (Å²) in [4.78, 5) is 22.5. The van der Waals surface area contributed by atoms with E-state index in [0.29, 0.717) is 41.7 Å². The number of hydrogen-bond donors (Lipinski definition) is 4. The molecule has 3 aliphatic carbocycles. The molecule has 0 spiro atoms. The van der Waals surface area contributed by atoms with E-state index in [4.69, 9.17) is 4.84 Å². The van der Waals surface area contributed by atoms with Crippen LogP contribution in [0.25, 0.3) is 0 Å². The van der Waals surface area contributed by atoms with Gasteiger partial charge in [0.25, 0.3) is 0 Å². The summed E-state index contributed by atoms with van der Waals surface area (Å²) in [6.45, 7) is 15.3. The van der Waals surface area contributed by atoms with E-state index in [1.807, 2.05) is 0 Å². The Kier molecular flexibility index (Phi) is 10.8. The van der Waals surface area contributed by atoms with E-state index in [1.54, 1.807) is 12.0 Å². The number of rotatable bonds is 13. The van der Waals surface area contributed by atoms with Crippen molar-refractivity contribution in [3.8, 4) is 0 Å². The number of aliphatic hydroxyl groups is 2. The second kappa shape index (κ2) is 13.8. The van der Waals surface area contributed by atoms with Gasteiger partial charge in [-0.1, -0.05) is 58.9 Å². The molecule has 3 saturated carbocycles. The second-order valence-electron chi connectivity index (χ2n) is 14.6. The first-order valence-electron chi connectivity index (χ1n) is 16.0. The van der Waals surface area contributed by atoms with Crippen molar-refractivity contribution >= 4 is 5.91 Å². The van der Waals surface area contributed by atoms with E-state index >= 15 is 0 Å². The van der Waals surface area contributed by atoms with Crippen molar-refractivity contribution < 1.29 is 19.8 Å². The van der Waals surface area contributed by atoms with Gasteiger partial charge in [0.15, 0.2) is 0 Å². The summed E-state index contributed by atoms with van der Waals surface area (Å²) in [5.74, 6) is 1.64. The van der Waals surface area contributed by atoms with E-state index in [2.05, 4.69) is 88.5 Å². The molecule has 1 aromatic carbocycles. The lowest BCUT2D eigenvalue weighted by Crippen LogP contribution is -2.62. The van der Waals surface area contributed by atoms with Gasteiger partial charge in [-0.05, 0) is 86.6 Å². The van der Waals surface area contributed by atoms with Gasteiger partial charge in [-0.3, -0.25) is 9.63 Å². The zero-order valence-electron chi connectivity index (χ0n) is 27.1. The normalized spacial score (nSPS) is 32.3. The lowest BCUT2D eigenvalue weighted by molar-refractivity contribution is -0.170. The minimum atomic E-state index is -0.798. The van der Waals surface area contributed by atoms with Crippen LogP contribution in [0.4, 0.5) is 0 Å². The third-order valence-electron chi connectivity index (χ3n) is 10.4. The average Bonchev–Trinajstić information content (AvgIpc) is 3.25. The number of aliphatic hydroxyl groups excluding tert-OH is 2. The number of carbonyl (C=O) groups excluding carboxylic acids is 1. The number of nitrogens with zero attached hydrogens (tertiary/aromatic N) is 2. The number of carbonyl (C=O) groups is 1. The van der Waals surface area contributed by atoms with Crippen LogP contribution in [-0.4, -0.2) is 77.1 Å². The lowest BCUT2D eigenvalue weighted by atomic mass is 9.45. The number of nitrogens with one attached hydrogen (secondary N) is 2. The quantitative estimate of drug-likeness (QED) is 0.254. The molecule has 8 heteroatoms. The minimum Gasteiger partial charge on any atom is -0.516 e. The first kappa shape index (κ1) is 32.9. The van der Waals surface area contributed by atoms with Crippen LogP contribution in [0.5, 0.6) is 0 Å². The highest BCUT2D eigenvalue weighted by Crippen LogP contribution is 2.61. The van der Waals surface area contributed by atoms with Crippen molar-refractivity contribution in [2.45, 2.75) is 104 Å². The highest BCUT2D eigenvalue weighted by Gasteiger charge is 2.57. The summed E-state index contributed by atoms with van der Waals surface area (Å²) in [6, 6.07) is 8.24. The third-order valence-corrected chi connectivity index (χ3v) is 10.4. The molecule has 1 aliphatic heterocycles. The van der Waals surface area contributed by atoms with Crippen molar-refractivity contribution in [2.75, 3.05) is 20.6 Å². The van der Waals surface area contributed by atoms with Crippen LogP contribution < -0.4 is 10.6 Å². The fourth-order valence-corrected chi connectivity index (χ4v) is 8.01. The predicted molar refractivity (Wildman–Crippen MR) is 167 cm³/mol. The lowest BCUT2D eigenvalue weighted by Gasteiger charge is -2.62. The second-order valence-corrected chi connectivity index (χ2v) is 14.6. The summed E-state index contributed by atoms with van der Waals surface area (Å²) >= 11 is 0. The predicted octanol–water partition coefficient (Wildman–Crippen LogP) is 4.49. The van der Waals surface area contributed by atoms with Crippen molar-refractivity contribution in [2.24, 2.45) is 35.0 Å². The summed E-state index contributed by atoms with van der Waals surface area (Å²) in [6.07, 6.45) is 4.42. The maximum Gasteiger partial charge on any atom is 0.240 e. The molecule has 0 radical (unpaired) electrons. The van der Waals surface area contributed by atoms with Crippen LogP contribution in [0, 0.1) is 35.0 Å². The first-order valence-corrected chi connectivity index (χ1v) is 16.0. The molecule has 236 valence electrons. The standard InChI is InChI=1S/C34H56N4O4/c1-21(2)14-27(20-37(7)8)35-18-24-10-9-11-25(15-24)19-38-32(31(23(4)40)30(42-38)12-13-39)33(41)36-29-17-26-16-28(22(29)3)34(26,5)6/h9-13,15,21-23,26-32,35,39-40H,14,16-20H2,1-8H3,(H,36,41)/b13-12+/t22-,23-,26+,27-,28-,29-,30?,31+,32-/m0/s1. The number of fused-ring (bicyclic) bond motifs is 2. The summed E-state index contributed by atoms with van der Waals surface area (Å²) < 4.78 is 0. The Balaban J connectivity index is 1.48. The van der Waals surface area contributed by atoms with Crippen molar-refractivity contribution in [3.05, 3.63) is 47.7 Å². The Morgan fingerprint density at radius 3 is 2.52 bits per heavy atom. The zero-order chi connectivity index (χ0) is 30.8. The third kappa shape index (κ3) is 7.39. The molecule has 9 atom stereocenters. The number of amides is 1. The smallest absolute Gasteiger partial charge is 0.240 e. The highest BCUT2D eigenvalue weighted by atomic mass is 16.7. The van der Waals surface area contributed by atoms with Crippen LogP contribution in [0.3, 0.4) is 0 Å². The molecule has 4 aliphatic rings. The molecule has 2 bridgehead atoms. The van der Waals surface area contributed by atoms with Gasteiger partial charge in [-0.15, -0.1) is 0 Å². The Hall–Kier alpha value is -1.97. The number of hydroxylamine groups is 2. The van der Waals surface area contributed by atoms with Crippen molar-refractivity contribution in [1.29, 1.82) is 0 Å². The minimum absolute atomic E-state index is 0.108. The topological polar surface area (TPSA) is 97.3 Å². The van der Waals surface area contributed by atoms with Gasteiger partial charge in [0.2, 0.25) is 5.91 Å². The largest absolute Gasteiger partial charge is 0.516 e. The van der Waals surface area contributed by atoms with Gasteiger partial charge in [-0.25, -0.2) is 0 Å². The van der Waals surface area contributed by atoms with Gasteiger partial charge < -0.3 is 25.7 Å². The average molecular weight is 585 g/mol. The summed E-state index contributed by atoms with van der Waals surface area (Å²) in [5.41, 5.74) is 2.55. The zero-order valence-corrected chi connectivity index (χ0v) is 27.1. The molecule has 1 heterocycles. The number of benzene rings is 1. The van der Waals surface area contributed by atoms with Gasteiger partial charge in [0.1, 0.15) is 12.1 Å². The van der Waals surface area contributed by atoms with Crippen LogP contribution in [0.2, 0.25) is 0 Å². The molecule has 0 aromatic heterocycles. The molecule has 4 N–H and O–H groups in total. The number of hydrogen-bond acceptors (Lipinski definition) is 7. The number of likely N-dealkylation sites (N-methyl/N-ethyl adjacent to an activating group) is 1. The van der Waals surface area contributed by atoms with E-state index in [1.165, 1.54) is 18.1 Å². The molecule has 8 nitrogen and oxygen atoms in total. The molecule has 1 saturated heterocycles. The van der Waals surface area contributed by atoms with Crippen LogP contribution in [-0.2, 0) is 22.7 Å². The Labute approximate surface area is 253 Å². The first-order chi connectivity index (χ1) is 19.8. The molecule has 4 fully saturated rings. The maximum absolute atomic E-state index is 14.0. The van der Waals surface area contributed by atoms with Crippen LogP contribution >= 0.6 is 0 Å². The van der Waals surface area contributed by atoms with E-state index in [-0.39, 0.29) is 11.9 Å². The molecule has 42 heavy (non-hydrogen) atoms. The van der Waals surface area contributed by atoms with Gasteiger partial charge in [-0.2, -0.15) is 5.06 Å². The Bertz CT molecular complexity index is 1060. The van der Waals surface area contributed by atoms with Crippen molar-refractivity contribution in [3.63, 3.8) is 0 Å². The molecule has 1 aromatic rings. The summed E-state index contributed by atoms with van der Waals surface area (Å²) in [5, 5.41) is 29.2. The van der Waals surface area contributed by atoms with E-state index < -0.39 is 24.2 Å². The highest BCUT2D eigenvalue weighted by molar-refractivity contribution is 5.83. The molecule has 1 amide bonds. The molecular formula is C34H56N4O4. The van der Waals surface area contributed by atoms with Crippen LogP contribution in [0.1, 0.15) is 71.9 Å².